The van der Waals surface area contributed by atoms with Gasteiger partial charge in [-0.1, -0.05) is 0 Å². The number of benzene rings is 2. The second kappa shape index (κ2) is 10.6. The maximum atomic E-state index is 15.0. The Morgan fingerprint density at radius 2 is 1.97 bits per heavy atom. The highest BCUT2D eigenvalue weighted by Crippen LogP contribution is 2.36. The zero-order chi connectivity index (χ0) is 25.8. The van der Waals surface area contributed by atoms with Crippen molar-refractivity contribution in [2.45, 2.75) is 13.0 Å². The predicted octanol–water partition coefficient (Wildman–Crippen LogP) is 4.33. The van der Waals surface area contributed by atoms with Crippen LogP contribution in [0.15, 0.2) is 48.7 Å². The number of nitrogens with one attached hydrogen (secondary N) is 1. The molecule has 11 heteroatoms. The first-order chi connectivity index (χ1) is 17.3. The Balaban J connectivity index is 1.57. The number of rotatable bonds is 7. The zero-order valence-corrected chi connectivity index (χ0v) is 20.6. The number of piperazine rings is 1. The van der Waals surface area contributed by atoms with E-state index in [0.717, 1.165) is 24.5 Å². The molecule has 2 heterocycles. The highest BCUT2D eigenvalue weighted by molar-refractivity contribution is 5.95. The number of aromatic nitrogens is 2. The van der Waals surface area contributed by atoms with E-state index >= 15 is 0 Å². The van der Waals surface area contributed by atoms with Gasteiger partial charge in [-0.25, -0.2) is 19.1 Å². The van der Waals surface area contributed by atoms with Gasteiger partial charge >= 0.3 is 6.09 Å². The average Bonchev–Trinajstić information content (AvgIpc) is 2.86. The fourth-order valence-corrected chi connectivity index (χ4v) is 4.07. The van der Waals surface area contributed by atoms with Crippen molar-refractivity contribution in [1.82, 2.24) is 14.9 Å². The van der Waals surface area contributed by atoms with Crippen molar-refractivity contribution in [3.05, 3.63) is 54.5 Å². The highest BCUT2D eigenvalue weighted by Gasteiger charge is 2.24. The number of methoxy groups -OCH3 is 2. The molecule has 1 atom stereocenters. The van der Waals surface area contributed by atoms with Crippen LogP contribution in [0.3, 0.4) is 0 Å². The molecular weight excluding hydrogens is 467 g/mol. The normalized spacial score (nSPS) is 15.9. The zero-order valence-electron chi connectivity index (χ0n) is 20.6. The quantitative estimate of drug-likeness (QED) is 0.495. The summed E-state index contributed by atoms with van der Waals surface area (Å²) in [5, 5.41) is 12.9. The van der Waals surface area contributed by atoms with Crippen molar-refractivity contribution in [3.63, 3.8) is 0 Å². The van der Waals surface area contributed by atoms with Gasteiger partial charge in [0.1, 0.15) is 23.1 Å². The predicted molar refractivity (Wildman–Crippen MR) is 136 cm³/mol. The summed E-state index contributed by atoms with van der Waals surface area (Å²) in [6.07, 6.45) is 0.160. The molecule has 1 aromatic heterocycles. The van der Waals surface area contributed by atoms with Crippen LogP contribution in [0.5, 0.6) is 11.5 Å². The molecule has 1 saturated heterocycles. The number of nitrogens with zero attached hydrogens (tertiary/aromatic N) is 5. The summed E-state index contributed by atoms with van der Waals surface area (Å²) in [6, 6.07) is 11.4. The first kappa shape index (κ1) is 25.0. The van der Waals surface area contributed by atoms with Crippen LogP contribution in [0.4, 0.5) is 38.0 Å². The summed E-state index contributed by atoms with van der Waals surface area (Å²) in [5.41, 5.74) is 1.24. The minimum absolute atomic E-state index is 0.0898. The van der Waals surface area contributed by atoms with Crippen LogP contribution >= 0.6 is 0 Å². The highest BCUT2D eigenvalue weighted by atomic mass is 19.1. The number of hydrogen-bond donors (Lipinski definition) is 2. The summed E-state index contributed by atoms with van der Waals surface area (Å²) in [6.45, 7) is 4.47. The van der Waals surface area contributed by atoms with E-state index in [1.54, 1.807) is 30.3 Å². The lowest BCUT2D eigenvalue weighted by Gasteiger charge is -2.39. The third-order valence-electron chi connectivity index (χ3n) is 6.19. The van der Waals surface area contributed by atoms with Crippen molar-refractivity contribution in [3.8, 4) is 11.5 Å². The van der Waals surface area contributed by atoms with Gasteiger partial charge in [0.2, 0.25) is 5.95 Å². The Bertz CT molecular complexity index is 1240. The van der Waals surface area contributed by atoms with Gasteiger partial charge in [-0.15, -0.1) is 0 Å². The summed E-state index contributed by atoms with van der Waals surface area (Å²) in [7, 11) is 5.01. The number of carboxylic acid groups (broad SMARTS) is 1. The van der Waals surface area contributed by atoms with E-state index in [4.69, 9.17) is 9.47 Å². The van der Waals surface area contributed by atoms with Gasteiger partial charge in [-0.2, -0.15) is 4.98 Å². The van der Waals surface area contributed by atoms with Gasteiger partial charge in [-0.3, -0.25) is 0 Å². The van der Waals surface area contributed by atoms with Crippen LogP contribution < -0.4 is 24.6 Å². The molecular formula is C25H29FN6O4. The van der Waals surface area contributed by atoms with Crippen molar-refractivity contribution in [2.24, 2.45) is 0 Å². The van der Waals surface area contributed by atoms with Crippen LogP contribution in [-0.4, -0.2) is 73.0 Å². The molecule has 0 aliphatic carbocycles. The second-order valence-electron chi connectivity index (χ2n) is 8.46. The standard InChI is InChI=1S/C25H29FN6O4/c1-16-15-31(12-11-30(16)2)20-7-5-17(13-19(20)26)28-24-27-10-9-23(29-24)32(25(33)34)21-8-6-18(35-3)14-22(21)36-4/h5-10,13-14,16H,11-12,15H2,1-4H3,(H,33,34)(H,27,28,29). The van der Waals surface area contributed by atoms with Crippen LogP contribution in [0.2, 0.25) is 0 Å². The number of halogens is 1. The van der Waals surface area contributed by atoms with E-state index in [1.807, 2.05) is 4.90 Å². The van der Waals surface area contributed by atoms with E-state index < -0.39 is 6.09 Å². The first-order valence-electron chi connectivity index (χ1n) is 11.4. The Morgan fingerprint density at radius 1 is 1.17 bits per heavy atom. The first-order valence-corrected chi connectivity index (χ1v) is 11.4. The van der Waals surface area contributed by atoms with Crippen LogP contribution in [0, 0.1) is 5.82 Å². The summed E-state index contributed by atoms with van der Waals surface area (Å²) >= 11 is 0. The molecule has 2 N–H and O–H groups in total. The molecule has 10 nitrogen and oxygen atoms in total. The van der Waals surface area contributed by atoms with Crippen LogP contribution in [-0.2, 0) is 0 Å². The summed E-state index contributed by atoms with van der Waals surface area (Å²) < 4.78 is 25.5. The molecule has 190 valence electrons. The molecule has 1 amide bonds. The Kier molecular flexibility index (Phi) is 7.39. The van der Waals surface area contributed by atoms with Crippen LogP contribution in [0.1, 0.15) is 6.92 Å². The van der Waals surface area contributed by atoms with Gasteiger partial charge in [-0.05, 0) is 44.3 Å². The molecule has 36 heavy (non-hydrogen) atoms. The van der Waals surface area contributed by atoms with E-state index in [9.17, 15) is 14.3 Å². The fraction of sp³-hybridized carbons (Fsp3) is 0.320. The number of amides is 1. The van der Waals surface area contributed by atoms with Crippen molar-refractivity contribution < 1.29 is 23.8 Å². The molecule has 3 aromatic rings. The van der Waals surface area contributed by atoms with E-state index in [-0.39, 0.29) is 23.3 Å². The number of hydrogen-bond acceptors (Lipinski definition) is 8. The third kappa shape index (κ3) is 5.25. The second-order valence-corrected chi connectivity index (χ2v) is 8.46. The Morgan fingerprint density at radius 3 is 2.64 bits per heavy atom. The molecule has 2 aromatic carbocycles. The molecule has 1 aliphatic rings. The maximum Gasteiger partial charge on any atom is 0.417 e. The van der Waals surface area contributed by atoms with Crippen molar-refractivity contribution in [2.75, 3.05) is 56.0 Å². The molecule has 1 fully saturated rings. The van der Waals surface area contributed by atoms with Gasteiger partial charge < -0.3 is 29.7 Å². The molecule has 1 unspecified atom stereocenters. The lowest BCUT2D eigenvalue weighted by molar-refractivity contribution is 0.204. The summed E-state index contributed by atoms with van der Waals surface area (Å²) in [4.78, 5) is 25.9. The minimum Gasteiger partial charge on any atom is -0.497 e. The Labute approximate surface area is 208 Å². The van der Waals surface area contributed by atoms with E-state index in [2.05, 4.69) is 34.2 Å². The molecule has 1 aliphatic heterocycles. The lowest BCUT2D eigenvalue weighted by atomic mass is 10.1. The third-order valence-corrected chi connectivity index (χ3v) is 6.19. The SMILES string of the molecule is COc1ccc(N(C(=O)O)c2ccnc(Nc3ccc(N4CCN(C)C(C)C4)c(F)c3)n2)c(OC)c1. The van der Waals surface area contributed by atoms with Gasteiger partial charge in [0.05, 0.1) is 25.6 Å². The topological polar surface area (TPSA) is 103 Å². The Hall–Kier alpha value is -4.12. The molecule has 0 bridgehead atoms. The van der Waals surface area contributed by atoms with Gasteiger partial charge in [0.15, 0.2) is 0 Å². The van der Waals surface area contributed by atoms with E-state index in [0.29, 0.717) is 28.9 Å². The molecule has 4 rings (SSSR count). The minimum atomic E-state index is -1.26. The molecule has 0 saturated carbocycles. The van der Waals surface area contributed by atoms with Crippen LogP contribution in [0.25, 0.3) is 0 Å². The van der Waals surface area contributed by atoms with Gasteiger partial charge in [0.25, 0.3) is 0 Å². The van der Waals surface area contributed by atoms with Crippen molar-refractivity contribution in [1.29, 1.82) is 0 Å². The van der Waals surface area contributed by atoms with Gasteiger partial charge in [0, 0.05) is 49.7 Å². The monoisotopic (exact) mass is 496 g/mol. The number of carbonyl (C=O) groups is 1. The number of anilines is 5. The van der Waals surface area contributed by atoms with E-state index in [1.165, 1.54) is 32.5 Å². The molecule has 0 spiro atoms. The maximum absolute atomic E-state index is 15.0. The lowest BCUT2D eigenvalue weighted by Crippen LogP contribution is -2.50. The number of likely N-dealkylation sites (N-methyl/N-ethyl adjacent to an activating group) is 1. The smallest absolute Gasteiger partial charge is 0.417 e. The summed E-state index contributed by atoms with van der Waals surface area (Å²) in [5.74, 6) is 0.657. The number of ether oxygens (including phenoxy) is 2. The van der Waals surface area contributed by atoms with Crippen molar-refractivity contribution >= 4 is 34.9 Å². The largest absolute Gasteiger partial charge is 0.497 e. The average molecular weight is 497 g/mol. The molecule has 0 radical (unpaired) electrons. The fourth-order valence-electron chi connectivity index (χ4n) is 4.07.